The Hall–Kier alpha value is -1.95. The summed E-state index contributed by atoms with van der Waals surface area (Å²) in [7, 11) is 0. The Labute approximate surface area is 117 Å². The Kier molecular flexibility index (Phi) is 3.64. The number of nitrogens with one attached hydrogen (secondary N) is 1. The first kappa shape index (κ1) is 13.1. The second-order valence-electron chi connectivity index (χ2n) is 5.22. The van der Waals surface area contributed by atoms with Gasteiger partial charge in [-0.2, -0.15) is 0 Å². The number of pyridine rings is 1. The number of nitrogens with zero attached hydrogens (tertiary/aromatic N) is 3. The molecular formula is C14H18N4O2. The Morgan fingerprint density at radius 3 is 3.05 bits per heavy atom. The van der Waals surface area contributed by atoms with Crippen LogP contribution < -0.4 is 5.32 Å². The molecule has 2 aliphatic heterocycles. The average Bonchev–Trinajstić information content (AvgIpc) is 2.50. The molecular weight excluding hydrogens is 256 g/mol. The molecule has 20 heavy (non-hydrogen) atoms. The quantitative estimate of drug-likeness (QED) is 0.738. The molecule has 2 aliphatic rings. The minimum absolute atomic E-state index is 0.114. The fourth-order valence-electron chi connectivity index (χ4n) is 2.79. The zero-order valence-electron chi connectivity index (χ0n) is 11.3. The minimum Gasteiger partial charge on any atom is -0.332 e. The summed E-state index contributed by atoms with van der Waals surface area (Å²) in [5, 5.41) is 3.27. The zero-order valence-corrected chi connectivity index (χ0v) is 11.3. The van der Waals surface area contributed by atoms with Crippen molar-refractivity contribution in [3.05, 3.63) is 30.1 Å². The average molecular weight is 274 g/mol. The molecule has 0 radical (unpaired) electrons. The van der Waals surface area contributed by atoms with Crippen molar-refractivity contribution >= 4 is 11.8 Å². The number of hydrogen-bond donors (Lipinski definition) is 1. The van der Waals surface area contributed by atoms with Crippen molar-refractivity contribution in [1.82, 2.24) is 20.1 Å². The number of amides is 2. The van der Waals surface area contributed by atoms with Crippen LogP contribution in [0.25, 0.3) is 0 Å². The summed E-state index contributed by atoms with van der Waals surface area (Å²) < 4.78 is 0. The van der Waals surface area contributed by atoms with E-state index in [1.165, 1.54) is 0 Å². The van der Waals surface area contributed by atoms with E-state index in [9.17, 15) is 9.59 Å². The summed E-state index contributed by atoms with van der Waals surface area (Å²) >= 11 is 0. The Bertz CT molecular complexity index is 505. The van der Waals surface area contributed by atoms with Crippen molar-refractivity contribution < 1.29 is 9.59 Å². The number of fused-ring (bicyclic) bond motifs is 1. The maximum Gasteiger partial charge on any atom is 0.312 e. The van der Waals surface area contributed by atoms with Crippen molar-refractivity contribution in [2.75, 3.05) is 32.7 Å². The van der Waals surface area contributed by atoms with Crippen LogP contribution in [0.1, 0.15) is 5.56 Å². The second kappa shape index (κ2) is 5.58. The van der Waals surface area contributed by atoms with E-state index in [4.69, 9.17) is 0 Å². The van der Waals surface area contributed by atoms with Gasteiger partial charge in [-0.3, -0.25) is 14.6 Å². The van der Waals surface area contributed by atoms with Gasteiger partial charge in [0.15, 0.2) is 0 Å². The Balaban J connectivity index is 1.64. The molecule has 1 aromatic rings. The number of aromatic nitrogens is 1. The van der Waals surface area contributed by atoms with Gasteiger partial charge in [-0.05, 0) is 18.1 Å². The van der Waals surface area contributed by atoms with E-state index in [1.54, 1.807) is 22.2 Å². The van der Waals surface area contributed by atoms with Crippen LogP contribution in [0.15, 0.2) is 24.5 Å². The minimum atomic E-state index is -0.368. The molecule has 2 saturated heterocycles. The summed E-state index contributed by atoms with van der Waals surface area (Å²) in [6.45, 7) is 3.36. The number of hydrogen-bond acceptors (Lipinski definition) is 4. The van der Waals surface area contributed by atoms with Crippen molar-refractivity contribution in [2.45, 2.75) is 12.5 Å². The van der Waals surface area contributed by atoms with Gasteiger partial charge in [0.05, 0.1) is 6.04 Å². The molecule has 2 fully saturated rings. The molecule has 3 rings (SSSR count). The topological polar surface area (TPSA) is 65.5 Å². The maximum absolute atomic E-state index is 12.1. The van der Waals surface area contributed by atoms with Gasteiger partial charge >= 0.3 is 11.8 Å². The van der Waals surface area contributed by atoms with E-state index in [0.29, 0.717) is 19.6 Å². The smallest absolute Gasteiger partial charge is 0.312 e. The van der Waals surface area contributed by atoms with Crippen molar-refractivity contribution in [2.24, 2.45) is 0 Å². The first-order valence-corrected chi connectivity index (χ1v) is 6.95. The zero-order chi connectivity index (χ0) is 13.9. The third kappa shape index (κ3) is 2.51. The van der Waals surface area contributed by atoms with E-state index in [2.05, 4.69) is 10.3 Å². The fraction of sp³-hybridized carbons (Fsp3) is 0.500. The summed E-state index contributed by atoms with van der Waals surface area (Å²) in [5.41, 5.74) is 1.08. The molecule has 6 heteroatoms. The number of carbonyl (C=O) groups excluding carboxylic acids is 2. The van der Waals surface area contributed by atoms with Crippen LogP contribution in [0.5, 0.6) is 0 Å². The van der Waals surface area contributed by atoms with Gasteiger partial charge in [-0.1, -0.05) is 6.07 Å². The van der Waals surface area contributed by atoms with Gasteiger partial charge in [-0.25, -0.2) is 0 Å². The number of piperazine rings is 2. The molecule has 0 spiro atoms. The highest BCUT2D eigenvalue weighted by molar-refractivity contribution is 6.35. The van der Waals surface area contributed by atoms with Crippen molar-refractivity contribution in [1.29, 1.82) is 0 Å². The molecule has 106 valence electrons. The van der Waals surface area contributed by atoms with E-state index in [0.717, 1.165) is 25.1 Å². The first-order valence-electron chi connectivity index (χ1n) is 6.95. The van der Waals surface area contributed by atoms with Crippen LogP contribution in [0.3, 0.4) is 0 Å². The molecule has 6 nitrogen and oxygen atoms in total. The van der Waals surface area contributed by atoms with Gasteiger partial charge < -0.3 is 15.1 Å². The van der Waals surface area contributed by atoms with Gasteiger partial charge in [0, 0.05) is 45.1 Å². The third-order valence-electron chi connectivity index (χ3n) is 3.91. The van der Waals surface area contributed by atoms with Gasteiger partial charge in [-0.15, -0.1) is 0 Å². The lowest BCUT2D eigenvalue weighted by Crippen LogP contribution is -2.65. The van der Waals surface area contributed by atoms with E-state index < -0.39 is 0 Å². The standard InChI is InChI=1S/C14H18N4O2/c19-13-14(20)18-7-5-16-9-12(18)10-17(13)6-3-11-2-1-4-15-8-11/h1-2,4,8,12,16H,3,5-7,9-10H2. The number of carbonyl (C=O) groups is 2. The highest BCUT2D eigenvalue weighted by Gasteiger charge is 2.39. The molecule has 0 aromatic carbocycles. The number of rotatable bonds is 3. The lowest BCUT2D eigenvalue weighted by atomic mass is 10.1. The fourth-order valence-corrected chi connectivity index (χ4v) is 2.79. The SMILES string of the molecule is O=C1C(=O)N2CCNCC2CN1CCc1cccnc1. The molecule has 0 aliphatic carbocycles. The second-order valence-corrected chi connectivity index (χ2v) is 5.22. The largest absolute Gasteiger partial charge is 0.332 e. The van der Waals surface area contributed by atoms with Crippen molar-refractivity contribution in [3.8, 4) is 0 Å². The first-order chi connectivity index (χ1) is 9.75. The lowest BCUT2D eigenvalue weighted by molar-refractivity contribution is -0.159. The molecule has 0 saturated carbocycles. The van der Waals surface area contributed by atoms with E-state index >= 15 is 0 Å². The van der Waals surface area contributed by atoms with Crippen LogP contribution in [0.4, 0.5) is 0 Å². The summed E-state index contributed by atoms with van der Waals surface area (Å²) in [6.07, 6.45) is 4.25. The highest BCUT2D eigenvalue weighted by Crippen LogP contribution is 2.14. The third-order valence-corrected chi connectivity index (χ3v) is 3.91. The Morgan fingerprint density at radius 1 is 1.35 bits per heavy atom. The van der Waals surface area contributed by atoms with Gasteiger partial charge in [0.1, 0.15) is 0 Å². The summed E-state index contributed by atoms with van der Waals surface area (Å²) in [4.78, 5) is 31.6. The molecule has 1 unspecified atom stereocenters. The molecule has 1 aromatic heterocycles. The molecule has 1 atom stereocenters. The molecule has 0 bridgehead atoms. The Morgan fingerprint density at radius 2 is 2.25 bits per heavy atom. The summed E-state index contributed by atoms with van der Waals surface area (Å²) in [5.74, 6) is -0.721. The van der Waals surface area contributed by atoms with E-state index in [-0.39, 0.29) is 17.9 Å². The normalized spacial score (nSPS) is 22.9. The van der Waals surface area contributed by atoms with E-state index in [1.807, 2.05) is 12.1 Å². The van der Waals surface area contributed by atoms with Crippen LogP contribution in [0.2, 0.25) is 0 Å². The van der Waals surface area contributed by atoms with Crippen LogP contribution in [-0.2, 0) is 16.0 Å². The molecule has 1 N–H and O–H groups in total. The van der Waals surface area contributed by atoms with Crippen LogP contribution in [0, 0.1) is 0 Å². The van der Waals surface area contributed by atoms with Crippen LogP contribution in [-0.4, -0.2) is 65.4 Å². The summed E-state index contributed by atoms with van der Waals surface area (Å²) in [6, 6.07) is 3.98. The molecule has 3 heterocycles. The lowest BCUT2D eigenvalue weighted by Gasteiger charge is -2.43. The maximum atomic E-state index is 12.1. The van der Waals surface area contributed by atoms with Crippen LogP contribution >= 0.6 is 0 Å². The van der Waals surface area contributed by atoms with Gasteiger partial charge in [0.2, 0.25) is 0 Å². The predicted molar refractivity (Wildman–Crippen MR) is 72.9 cm³/mol. The van der Waals surface area contributed by atoms with Crippen molar-refractivity contribution in [3.63, 3.8) is 0 Å². The molecule has 2 amide bonds. The predicted octanol–water partition coefficient (Wildman–Crippen LogP) is -0.733. The van der Waals surface area contributed by atoms with Gasteiger partial charge in [0.25, 0.3) is 0 Å². The highest BCUT2D eigenvalue weighted by atomic mass is 16.2. The monoisotopic (exact) mass is 274 g/mol.